The van der Waals surface area contributed by atoms with E-state index in [-0.39, 0.29) is 6.03 Å². The van der Waals surface area contributed by atoms with Crippen molar-refractivity contribution in [3.8, 4) is 0 Å². The van der Waals surface area contributed by atoms with Crippen LogP contribution in [0.4, 0.5) is 10.5 Å². The van der Waals surface area contributed by atoms with Crippen LogP contribution in [0.3, 0.4) is 0 Å². The third-order valence-corrected chi connectivity index (χ3v) is 2.14. The molecule has 1 aromatic carbocycles. The maximum absolute atomic E-state index is 11.5. The predicted molar refractivity (Wildman–Crippen MR) is 69.1 cm³/mol. The summed E-state index contributed by atoms with van der Waals surface area (Å²) in [5.41, 5.74) is 0.864. The molecule has 1 rings (SSSR count). The minimum atomic E-state index is -1.11. The van der Waals surface area contributed by atoms with E-state index in [4.69, 9.17) is 5.11 Å². The third kappa shape index (κ3) is 5.07. The Morgan fingerprint density at radius 3 is 2.26 bits per heavy atom. The van der Waals surface area contributed by atoms with Crippen molar-refractivity contribution < 1.29 is 19.5 Å². The Morgan fingerprint density at radius 1 is 1.11 bits per heavy atom. The highest BCUT2D eigenvalue weighted by atomic mass is 16.4. The lowest BCUT2D eigenvalue weighted by atomic mass is 10.2. The molecule has 0 aliphatic rings. The van der Waals surface area contributed by atoms with Crippen LogP contribution in [0.1, 0.15) is 17.3 Å². The smallest absolute Gasteiger partial charge is 0.322 e. The van der Waals surface area contributed by atoms with Gasteiger partial charge < -0.3 is 21.1 Å². The zero-order chi connectivity index (χ0) is 14.3. The molecular formula is C12H15N3O4. The van der Waals surface area contributed by atoms with Gasteiger partial charge in [0.1, 0.15) is 6.54 Å². The molecule has 1 aromatic rings. The minimum Gasteiger partial charge on any atom is -0.480 e. The zero-order valence-corrected chi connectivity index (χ0v) is 10.4. The Bertz CT molecular complexity index is 470. The van der Waals surface area contributed by atoms with Crippen molar-refractivity contribution in [3.05, 3.63) is 29.8 Å². The van der Waals surface area contributed by atoms with Gasteiger partial charge in [0.15, 0.2) is 0 Å². The molecule has 0 fully saturated rings. The number of anilines is 1. The first-order valence-corrected chi connectivity index (χ1v) is 5.68. The molecule has 0 bridgehead atoms. The van der Waals surface area contributed by atoms with Gasteiger partial charge in [-0.2, -0.15) is 0 Å². The van der Waals surface area contributed by atoms with Gasteiger partial charge in [-0.15, -0.1) is 0 Å². The number of carbonyl (C=O) groups excluding carboxylic acids is 2. The maximum atomic E-state index is 11.5. The average molecular weight is 265 g/mol. The largest absolute Gasteiger partial charge is 0.480 e. The molecule has 102 valence electrons. The van der Waals surface area contributed by atoms with Crippen LogP contribution in [-0.4, -0.2) is 36.1 Å². The van der Waals surface area contributed by atoms with Crippen molar-refractivity contribution in [2.24, 2.45) is 0 Å². The lowest BCUT2D eigenvalue weighted by Crippen LogP contribution is -2.29. The van der Waals surface area contributed by atoms with E-state index in [1.54, 1.807) is 19.1 Å². The number of urea groups is 1. The Balaban J connectivity index is 2.58. The summed E-state index contributed by atoms with van der Waals surface area (Å²) in [6.45, 7) is 1.88. The highest BCUT2D eigenvalue weighted by Crippen LogP contribution is 2.09. The van der Waals surface area contributed by atoms with E-state index < -0.39 is 18.4 Å². The van der Waals surface area contributed by atoms with Crippen LogP contribution in [-0.2, 0) is 4.79 Å². The number of carboxylic acid groups (broad SMARTS) is 1. The summed E-state index contributed by atoms with van der Waals surface area (Å²) >= 11 is 0. The fourth-order valence-corrected chi connectivity index (χ4v) is 1.30. The molecular weight excluding hydrogens is 250 g/mol. The first-order valence-electron chi connectivity index (χ1n) is 5.68. The van der Waals surface area contributed by atoms with Gasteiger partial charge in [0.25, 0.3) is 5.91 Å². The number of benzene rings is 1. The summed E-state index contributed by atoms with van der Waals surface area (Å²) in [4.78, 5) is 33.1. The predicted octanol–water partition coefficient (Wildman–Crippen LogP) is 0.642. The van der Waals surface area contributed by atoms with Crippen LogP contribution in [0.2, 0.25) is 0 Å². The van der Waals surface area contributed by atoms with Crippen LogP contribution < -0.4 is 16.0 Å². The quantitative estimate of drug-likeness (QED) is 0.626. The monoisotopic (exact) mass is 265 g/mol. The van der Waals surface area contributed by atoms with Crippen molar-refractivity contribution in [1.82, 2.24) is 10.6 Å². The van der Waals surface area contributed by atoms with Gasteiger partial charge in [0.2, 0.25) is 0 Å². The number of carbonyl (C=O) groups is 3. The van der Waals surface area contributed by atoms with Crippen LogP contribution in [0.25, 0.3) is 0 Å². The average Bonchev–Trinajstić information content (AvgIpc) is 2.37. The fourth-order valence-electron chi connectivity index (χ4n) is 1.30. The molecule has 0 unspecified atom stereocenters. The molecule has 0 aromatic heterocycles. The van der Waals surface area contributed by atoms with Crippen LogP contribution in [0.15, 0.2) is 24.3 Å². The normalized spacial score (nSPS) is 9.53. The SMILES string of the molecule is CCNC(=O)Nc1ccc(C(=O)NCC(=O)O)cc1. The molecule has 0 saturated heterocycles. The molecule has 0 radical (unpaired) electrons. The molecule has 0 heterocycles. The van der Waals surface area contributed by atoms with Crippen LogP contribution in [0, 0.1) is 0 Å². The topological polar surface area (TPSA) is 108 Å². The number of hydrogen-bond donors (Lipinski definition) is 4. The van der Waals surface area contributed by atoms with E-state index in [0.717, 1.165) is 0 Å². The fraction of sp³-hybridized carbons (Fsp3) is 0.250. The minimum absolute atomic E-state index is 0.322. The summed E-state index contributed by atoms with van der Waals surface area (Å²) in [7, 11) is 0. The first-order chi connectivity index (χ1) is 9.02. The summed E-state index contributed by atoms with van der Waals surface area (Å²) in [6, 6.07) is 5.79. The molecule has 4 N–H and O–H groups in total. The molecule has 0 atom stereocenters. The van der Waals surface area contributed by atoms with Crippen molar-refractivity contribution in [2.75, 3.05) is 18.4 Å². The summed E-state index contributed by atoms with van der Waals surface area (Å²) < 4.78 is 0. The second-order valence-corrected chi connectivity index (χ2v) is 3.64. The number of nitrogens with one attached hydrogen (secondary N) is 3. The molecule has 0 aliphatic heterocycles. The van der Waals surface area contributed by atoms with Gasteiger partial charge in [-0.05, 0) is 31.2 Å². The second kappa shape index (κ2) is 7.00. The van der Waals surface area contributed by atoms with Gasteiger partial charge in [-0.25, -0.2) is 4.79 Å². The van der Waals surface area contributed by atoms with Gasteiger partial charge >= 0.3 is 12.0 Å². The van der Waals surface area contributed by atoms with E-state index in [2.05, 4.69) is 16.0 Å². The van der Waals surface area contributed by atoms with Gasteiger partial charge in [-0.1, -0.05) is 0 Å². The molecule has 7 heteroatoms. The van der Waals surface area contributed by atoms with Crippen molar-refractivity contribution in [1.29, 1.82) is 0 Å². The second-order valence-electron chi connectivity index (χ2n) is 3.64. The lowest BCUT2D eigenvalue weighted by molar-refractivity contribution is -0.135. The van der Waals surface area contributed by atoms with Crippen molar-refractivity contribution in [2.45, 2.75) is 6.92 Å². The number of amides is 3. The van der Waals surface area contributed by atoms with E-state index in [1.807, 2.05) is 0 Å². The first kappa shape index (κ1) is 14.5. The standard InChI is InChI=1S/C12H15N3O4/c1-2-13-12(19)15-9-5-3-8(4-6-9)11(18)14-7-10(16)17/h3-6H,2,7H2,1H3,(H,14,18)(H,16,17)(H2,13,15,19). The number of hydrogen-bond acceptors (Lipinski definition) is 3. The Hall–Kier alpha value is -2.57. The maximum Gasteiger partial charge on any atom is 0.322 e. The van der Waals surface area contributed by atoms with E-state index in [9.17, 15) is 14.4 Å². The molecule has 0 saturated carbocycles. The van der Waals surface area contributed by atoms with E-state index in [0.29, 0.717) is 17.8 Å². The van der Waals surface area contributed by atoms with Crippen molar-refractivity contribution >= 4 is 23.6 Å². The van der Waals surface area contributed by atoms with Crippen LogP contribution in [0.5, 0.6) is 0 Å². The number of rotatable bonds is 5. The number of carboxylic acids is 1. The van der Waals surface area contributed by atoms with Gasteiger partial charge in [0, 0.05) is 17.8 Å². The Labute approximate surface area is 110 Å². The summed E-state index contributed by atoms with van der Waals surface area (Å²) in [6.07, 6.45) is 0. The summed E-state index contributed by atoms with van der Waals surface area (Å²) in [5.74, 6) is -1.59. The van der Waals surface area contributed by atoms with Crippen molar-refractivity contribution in [3.63, 3.8) is 0 Å². The van der Waals surface area contributed by atoms with E-state index >= 15 is 0 Å². The van der Waals surface area contributed by atoms with Crippen LogP contribution >= 0.6 is 0 Å². The molecule has 7 nitrogen and oxygen atoms in total. The number of aliphatic carboxylic acids is 1. The van der Waals surface area contributed by atoms with E-state index in [1.165, 1.54) is 12.1 Å². The molecule has 19 heavy (non-hydrogen) atoms. The summed E-state index contributed by atoms with van der Waals surface area (Å²) in [5, 5.41) is 15.8. The van der Waals surface area contributed by atoms with Gasteiger partial charge in [-0.3, -0.25) is 9.59 Å². The molecule has 0 spiro atoms. The third-order valence-electron chi connectivity index (χ3n) is 2.14. The zero-order valence-electron chi connectivity index (χ0n) is 10.4. The lowest BCUT2D eigenvalue weighted by Gasteiger charge is -2.07. The molecule has 3 amide bonds. The Morgan fingerprint density at radius 2 is 1.74 bits per heavy atom. The van der Waals surface area contributed by atoms with Gasteiger partial charge in [0.05, 0.1) is 0 Å². The Kier molecular flexibility index (Phi) is 5.34. The highest BCUT2D eigenvalue weighted by Gasteiger charge is 2.07. The molecule has 0 aliphatic carbocycles. The highest BCUT2D eigenvalue weighted by molar-refractivity contribution is 5.96.